The molecule has 1 saturated heterocycles. The second kappa shape index (κ2) is 4.30. The third kappa shape index (κ3) is 2.08. The molecule has 4 heteroatoms. The van der Waals surface area contributed by atoms with E-state index in [4.69, 9.17) is 4.42 Å². The minimum absolute atomic E-state index is 0.250. The van der Waals surface area contributed by atoms with Gasteiger partial charge in [0.1, 0.15) is 12.1 Å². The Morgan fingerprint density at radius 1 is 1.29 bits per heavy atom. The smallest absolute Gasteiger partial charge is 0.226 e. The Hall–Kier alpha value is -1.68. The Balaban J connectivity index is 1.86. The van der Waals surface area contributed by atoms with Crippen molar-refractivity contribution >= 4 is 0 Å². The van der Waals surface area contributed by atoms with Gasteiger partial charge in [-0.2, -0.15) is 0 Å². The van der Waals surface area contributed by atoms with E-state index in [9.17, 15) is 4.39 Å². The Morgan fingerprint density at radius 3 is 2.82 bits per heavy atom. The largest absolute Gasteiger partial charge is 0.444 e. The van der Waals surface area contributed by atoms with Gasteiger partial charge in [-0.15, -0.1) is 0 Å². The fourth-order valence-corrected chi connectivity index (χ4v) is 2.11. The van der Waals surface area contributed by atoms with Crippen molar-refractivity contribution in [3.63, 3.8) is 0 Å². The van der Waals surface area contributed by atoms with Crippen LogP contribution in [0.3, 0.4) is 0 Å². The first-order valence-corrected chi connectivity index (χ1v) is 5.75. The molecule has 1 unspecified atom stereocenters. The molecule has 0 amide bonds. The summed E-state index contributed by atoms with van der Waals surface area (Å²) in [5.74, 6) is 0.750. The van der Waals surface area contributed by atoms with Crippen LogP contribution in [0, 0.1) is 5.82 Å². The Bertz CT molecular complexity index is 500. The van der Waals surface area contributed by atoms with Crippen molar-refractivity contribution in [3.8, 4) is 11.5 Å². The summed E-state index contributed by atoms with van der Waals surface area (Å²) in [6.07, 6.45) is 2.80. The molecule has 1 N–H and O–H groups in total. The molecule has 3 rings (SSSR count). The zero-order valence-corrected chi connectivity index (χ0v) is 9.32. The third-order valence-electron chi connectivity index (χ3n) is 3.09. The van der Waals surface area contributed by atoms with Gasteiger partial charge in [0.05, 0.1) is 5.69 Å². The van der Waals surface area contributed by atoms with Gasteiger partial charge in [0.2, 0.25) is 5.89 Å². The lowest BCUT2D eigenvalue weighted by Crippen LogP contribution is -2.08. The summed E-state index contributed by atoms with van der Waals surface area (Å²) >= 11 is 0. The van der Waals surface area contributed by atoms with Crippen molar-refractivity contribution in [2.75, 3.05) is 13.1 Å². The summed E-state index contributed by atoms with van der Waals surface area (Å²) in [4.78, 5) is 4.46. The highest BCUT2D eigenvalue weighted by molar-refractivity contribution is 5.52. The fourth-order valence-electron chi connectivity index (χ4n) is 2.11. The predicted molar refractivity (Wildman–Crippen MR) is 62.1 cm³/mol. The van der Waals surface area contributed by atoms with Crippen molar-refractivity contribution in [1.82, 2.24) is 10.3 Å². The highest BCUT2D eigenvalue weighted by Crippen LogP contribution is 2.25. The van der Waals surface area contributed by atoms with Gasteiger partial charge in [-0.05, 0) is 37.2 Å². The van der Waals surface area contributed by atoms with Gasteiger partial charge in [-0.3, -0.25) is 0 Å². The zero-order valence-electron chi connectivity index (χ0n) is 9.32. The van der Waals surface area contributed by atoms with Gasteiger partial charge < -0.3 is 9.73 Å². The molecule has 17 heavy (non-hydrogen) atoms. The topological polar surface area (TPSA) is 38.1 Å². The molecule has 1 aliphatic rings. The summed E-state index contributed by atoms with van der Waals surface area (Å²) in [6.45, 7) is 1.98. The van der Waals surface area contributed by atoms with Crippen LogP contribution in [0.2, 0.25) is 0 Å². The van der Waals surface area contributed by atoms with Gasteiger partial charge in [0.25, 0.3) is 0 Å². The van der Waals surface area contributed by atoms with E-state index in [1.54, 1.807) is 18.4 Å². The number of benzene rings is 1. The molecular weight excluding hydrogens is 219 g/mol. The number of aromatic nitrogens is 1. The molecule has 0 aliphatic carbocycles. The van der Waals surface area contributed by atoms with Gasteiger partial charge in [-0.1, -0.05) is 0 Å². The molecule has 0 saturated carbocycles. The molecule has 2 aromatic rings. The van der Waals surface area contributed by atoms with Crippen LogP contribution in [0.15, 0.2) is 34.9 Å². The van der Waals surface area contributed by atoms with Crippen LogP contribution in [-0.4, -0.2) is 18.1 Å². The number of rotatable bonds is 2. The minimum atomic E-state index is -0.250. The monoisotopic (exact) mass is 232 g/mol. The van der Waals surface area contributed by atoms with E-state index >= 15 is 0 Å². The van der Waals surface area contributed by atoms with Crippen molar-refractivity contribution < 1.29 is 8.81 Å². The van der Waals surface area contributed by atoms with Crippen molar-refractivity contribution in [2.45, 2.75) is 12.3 Å². The van der Waals surface area contributed by atoms with E-state index in [0.717, 1.165) is 30.8 Å². The van der Waals surface area contributed by atoms with Crippen LogP contribution >= 0.6 is 0 Å². The first-order valence-electron chi connectivity index (χ1n) is 5.75. The molecule has 1 aliphatic heterocycles. The average molecular weight is 232 g/mol. The average Bonchev–Trinajstić information content (AvgIpc) is 3.00. The lowest BCUT2D eigenvalue weighted by Gasteiger charge is -2.00. The number of oxazole rings is 1. The highest BCUT2D eigenvalue weighted by atomic mass is 19.1. The first-order chi connectivity index (χ1) is 8.33. The van der Waals surface area contributed by atoms with E-state index in [-0.39, 0.29) is 5.82 Å². The van der Waals surface area contributed by atoms with E-state index in [2.05, 4.69) is 10.3 Å². The van der Waals surface area contributed by atoms with Crippen LogP contribution in [-0.2, 0) is 0 Å². The number of halogens is 1. The maximum absolute atomic E-state index is 12.8. The lowest BCUT2D eigenvalue weighted by molar-refractivity contribution is 0.569. The number of hydrogen-bond acceptors (Lipinski definition) is 3. The molecule has 88 valence electrons. The number of hydrogen-bond donors (Lipinski definition) is 1. The van der Waals surface area contributed by atoms with Crippen molar-refractivity contribution in [1.29, 1.82) is 0 Å². The Kier molecular flexibility index (Phi) is 2.65. The summed E-state index contributed by atoms with van der Waals surface area (Å²) in [5.41, 5.74) is 1.79. The molecule has 1 atom stereocenters. The summed E-state index contributed by atoms with van der Waals surface area (Å²) in [7, 11) is 0. The molecule has 0 spiro atoms. The summed E-state index contributed by atoms with van der Waals surface area (Å²) in [5, 5.41) is 3.30. The van der Waals surface area contributed by atoms with Crippen LogP contribution in [0.4, 0.5) is 4.39 Å². The van der Waals surface area contributed by atoms with Crippen LogP contribution < -0.4 is 5.32 Å². The van der Waals surface area contributed by atoms with E-state index in [0.29, 0.717) is 11.8 Å². The highest BCUT2D eigenvalue weighted by Gasteiger charge is 2.20. The fraction of sp³-hybridized carbons (Fsp3) is 0.308. The maximum atomic E-state index is 12.8. The number of nitrogens with zero attached hydrogens (tertiary/aromatic N) is 1. The third-order valence-corrected chi connectivity index (χ3v) is 3.09. The van der Waals surface area contributed by atoms with Crippen LogP contribution in [0.5, 0.6) is 0 Å². The molecule has 1 aromatic heterocycles. The molecule has 3 nitrogen and oxygen atoms in total. The Labute approximate surface area is 98.7 Å². The quantitative estimate of drug-likeness (QED) is 0.864. The molecule has 0 radical (unpaired) electrons. The van der Waals surface area contributed by atoms with Crippen molar-refractivity contribution in [2.24, 2.45) is 0 Å². The van der Waals surface area contributed by atoms with Crippen LogP contribution in [0.25, 0.3) is 11.5 Å². The normalized spacial score (nSPS) is 19.7. The zero-order chi connectivity index (χ0) is 11.7. The second-order valence-corrected chi connectivity index (χ2v) is 4.27. The molecule has 1 aromatic carbocycles. The number of nitrogens with one attached hydrogen (secondary N) is 1. The van der Waals surface area contributed by atoms with Gasteiger partial charge in [0.15, 0.2) is 0 Å². The van der Waals surface area contributed by atoms with Gasteiger partial charge in [-0.25, -0.2) is 9.37 Å². The SMILES string of the molecule is Fc1ccc(-c2nc(C3CCNC3)co2)cc1. The van der Waals surface area contributed by atoms with Gasteiger partial charge >= 0.3 is 0 Å². The maximum Gasteiger partial charge on any atom is 0.226 e. The molecule has 1 fully saturated rings. The predicted octanol–water partition coefficient (Wildman–Crippen LogP) is 2.56. The molecule has 2 heterocycles. The van der Waals surface area contributed by atoms with E-state index < -0.39 is 0 Å². The Morgan fingerprint density at radius 2 is 2.12 bits per heavy atom. The standard InChI is InChI=1S/C13H13FN2O/c14-11-3-1-9(2-4-11)13-16-12(8-17-13)10-5-6-15-7-10/h1-4,8,10,15H,5-7H2. The first kappa shape index (κ1) is 10.5. The second-order valence-electron chi connectivity index (χ2n) is 4.27. The van der Waals surface area contributed by atoms with E-state index in [1.807, 2.05) is 0 Å². The molecule has 0 bridgehead atoms. The van der Waals surface area contributed by atoms with Crippen LogP contribution in [0.1, 0.15) is 18.0 Å². The minimum Gasteiger partial charge on any atom is -0.444 e. The summed E-state index contributed by atoms with van der Waals surface area (Å²) in [6, 6.07) is 6.18. The molecular formula is C13H13FN2O. The van der Waals surface area contributed by atoms with Gasteiger partial charge in [0, 0.05) is 18.0 Å². The van der Waals surface area contributed by atoms with Crippen molar-refractivity contribution in [3.05, 3.63) is 42.0 Å². The summed E-state index contributed by atoms with van der Waals surface area (Å²) < 4.78 is 18.2. The lowest BCUT2D eigenvalue weighted by atomic mass is 10.1. The van der Waals surface area contributed by atoms with E-state index in [1.165, 1.54) is 12.1 Å².